The lowest BCUT2D eigenvalue weighted by molar-refractivity contribution is -0.113. The molecule has 4 nitrogen and oxygen atoms in total. The van der Waals surface area contributed by atoms with Gasteiger partial charge in [-0.2, -0.15) is 0 Å². The number of hydrogen-bond acceptors (Lipinski definition) is 3. The molecule has 2 aromatic rings. The number of allylic oxidation sites excluding steroid dienone is 3. The largest absolute Gasteiger partial charge is 0.490 e. The minimum atomic E-state index is -0.436. The average Bonchev–Trinajstić information content (AvgIpc) is 2.55. The van der Waals surface area contributed by atoms with E-state index < -0.39 is 5.91 Å². The van der Waals surface area contributed by atoms with E-state index in [2.05, 4.69) is 36.8 Å². The first-order valence-electron chi connectivity index (χ1n) is 7.57. The lowest BCUT2D eigenvalue weighted by Crippen LogP contribution is -2.04. The first-order valence-corrected chi connectivity index (χ1v) is 9.16. The summed E-state index contributed by atoms with van der Waals surface area (Å²) in [6, 6.07) is 5.90. The molecule has 6 heteroatoms. The number of carbonyl (C=O) groups is 1. The van der Waals surface area contributed by atoms with Crippen LogP contribution in [0.1, 0.15) is 19.3 Å². The summed E-state index contributed by atoms with van der Waals surface area (Å²) in [6.07, 6.45) is 11.4. The van der Waals surface area contributed by atoms with E-state index >= 15 is 0 Å². The second-order valence-corrected chi connectivity index (χ2v) is 6.81. The van der Waals surface area contributed by atoms with Gasteiger partial charge in [0.1, 0.15) is 5.52 Å². The molecule has 0 radical (unpaired) electrons. The molecule has 2 N–H and O–H groups in total. The lowest BCUT2D eigenvalue weighted by atomic mass is 10.2. The number of carbonyl (C=O) groups excluding carboxylic acids is 1. The molecule has 0 bridgehead atoms. The molecule has 0 aliphatic carbocycles. The zero-order chi connectivity index (χ0) is 17.4. The third-order valence-electron chi connectivity index (χ3n) is 3.27. The molecule has 0 aliphatic rings. The molecule has 1 aromatic carbocycles. The fourth-order valence-electron chi connectivity index (χ4n) is 2.15. The first kappa shape index (κ1) is 18.7. The third kappa shape index (κ3) is 5.46. The Bertz CT molecular complexity index is 773. The van der Waals surface area contributed by atoms with Crippen LogP contribution < -0.4 is 10.5 Å². The van der Waals surface area contributed by atoms with E-state index in [0.29, 0.717) is 6.61 Å². The molecule has 2 rings (SSSR count). The van der Waals surface area contributed by atoms with Crippen molar-refractivity contribution in [2.45, 2.75) is 19.3 Å². The molecule has 24 heavy (non-hydrogen) atoms. The van der Waals surface area contributed by atoms with Crippen LogP contribution in [0.15, 0.2) is 57.6 Å². The topological polar surface area (TPSA) is 65.2 Å². The summed E-state index contributed by atoms with van der Waals surface area (Å²) in [7, 11) is 0. The van der Waals surface area contributed by atoms with Gasteiger partial charge >= 0.3 is 0 Å². The highest BCUT2D eigenvalue weighted by molar-refractivity contribution is 9.11. The molecule has 0 unspecified atom stereocenters. The van der Waals surface area contributed by atoms with Crippen LogP contribution >= 0.6 is 31.9 Å². The number of nitrogens with two attached hydrogens (primary N) is 1. The Labute approximate surface area is 158 Å². The van der Waals surface area contributed by atoms with Crippen LogP contribution in [0.3, 0.4) is 0 Å². The number of ether oxygens (including phenoxy) is 1. The van der Waals surface area contributed by atoms with Gasteiger partial charge in [-0.25, -0.2) is 0 Å². The zero-order valence-corrected chi connectivity index (χ0v) is 16.2. The monoisotopic (exact) mass is 452 g/mol. The van der Waals surface area contributed by atoms with Gasteiger partial charge in [0.25, 0.3) is 0 Å². The average molecular weight is 454 g/mol. The van der Waals surface area contributed by atoms with Crippen LogP contribution in [0.2, 0.25) is 0 Å². The van der Waals surface area contributed by atoms with Crippen molar-refractivity contribution < 1.29 is 9.53 Å². The third-order valence-corrected chi connectivity index (χ3v) is 4.51. The summed E-state index contributed by atoms with van der Waals surface area (Å²) in [5.41, 5.74) is 5.84. The van der Waals surface area contributed by atoms with Crippen molar-refractivity contribution in [3.8, 4) is 5.75 Å². The lowest BCUT2D eigenvalue weighted by Gasteiger charge is -2.11. The minimum absolute atomic E-state index is 0.436. The second-order valence-electron chi connectivity index (χ2n) is 5.10. The number of unbranched alkanes of at least 4 members (excludes halogenated alkanes) is 2. The molecule has 0 saturated heterocycles. The molecule has 0 fully saturated rings. The van der Waals surface area contributed by atoms with Crippen LogP contribution in [-0.2, 0) is 4.79 Å². The first-order chi connectivity index (χ1) is 11.6. The molecule has 126 valence electrons. The summed E-state index contributed by atoms with van der Waals surface area (Å²) < 4.78 is 7.81. The summed E-state index contributed by atoms with van der Waals surface area (Å²) >= 11 is 7.09. The van der Waals surface area contributed by atoms with Gasteiger partial charge in [0.2, 0.25) is 5.91 Å². The number of amides is 1. The molecule has 0 aliphatic heterocycles. The van der Waals surface area contributed by atoms with Crippen molar-refractivity contribution in [1.82, 2.24) is 4.98 Å². The Kier molecular flexibility index (Phi) is 7.46. The number of hydrogen-bond donors (Lipinski definition) is 1. The van der Waals surface area contributed by atoms with Crippen molar-refractivity contribution in [3.63, 3.8) is 0 Å². The van der Waals surface area contributed by atoms with Crippen molar-refractivity contribution >= 4 is 48.7 Å². The molecular weight excluding hydrogens is 436 g/mol. The maximum Gasteiger partial charge on any atom is 0.241 e. The number of halogens is 2. The molecule has 0 saturated carbocycles. The standard InChI is InChI=1S/C18H18Br2N2O2/c19-14-12-15(20)18(17-13(14)8-7-10-22-17)24-11-6-4-2-1-3-5-9-16(21)23/h1,3,5,7-10,12H,2,4,6,11H2,(H2,21,23). The van der Waals surface area contributed by atoms with Crippen LogP contribution in [0.4, 0.5) is 0 Å². The number of aromatic nitrogens is 1. The van der Waals surface area contributed by atoms with Crippen LogP contribution in [0, 0.1) is 0 Å². The van der Waals surface area contributed by atoms with E-state index in [1.165, 1.54) is 6.08 Å². The Morgan fingerprint density at radius 1 is 1.25 bits per heavy atom. The van der Waals surface area contributed by atoms with Gasteiger partial charge in [-0.3, -0.25) is 9.78 Å². The van der Waals surface area contributed by atoms with Gasteiger partial charge in [-0.05, 0) is 47.3 Å². The van der Waals surface area contributed by atoms with Gasteiger partial charge in [-0.1, -0.05) is 40.2 Å². The van der Waals surface area contributed by atoms with Crippen LogP contribution in [0.5, 0.6) is 5.75 Å². The number of benzene rings is 1. The van der Waals surface area contributed by atoms with E-state index in [1.807, 2.05) is 30.4 Å². The fourth-order valence-corrected chi connectivity index (χ4v) is 3.53. The van der Waals surface area contributed by atoms with E-state index in [9.17, 15) is 4.79 Å². The molecule has 0 spiro atoms. The normalized spacial score (nSPS) is 11.6. The van der Waals surface area contributed by atoms with Gasteiger partial charge in [-0.15, -0.1) is 0 Å². The number of primary amides is 1. The van der Waals surface area contributed by atoms with E-state index in [0.717, 1.165) is 44.9 Å². The van der Waals surface area contributed by atoms with Crippen LogP contribution in [-0.4, -0.2) is 17.5 Å². The minimum Gasteiger partial charge on any atom is -0.490 e. The number of rotatable bonds is 8. The molecule has 1 heterocycles. The van der Waals surface area contributed by atoms with Crippen molar-refractivity contribution in [3.05, 3.63) is 57.6 Å². The predicted molar refractivity (Wildman–Crippen MR) is 104 cm³/mol. The Hall–Kier alpha value is -1.66. The van der Waals surface area contributed by atoms with Gasteiger partial charge in [0, 0.05) is 22.1 Å². The highest BCUT2D eigenvalue weighted by atomic mass is 79.9. The molecular formula is C18H18Br2N2O2. The summed E-state index contributed by atoms with van der Waals surface area (Å²) in [5.74, 6) is 0.336. The SMILES string of the molecule is NC(=O)C=CC=CCCCCOc1c(Br)cc(Br)c2cccnc12. The second kappa shape index (κ2) is 9.59. The highest BCUT2D eigenvalue weighted by Gasteiger charge is 2.11. The molecule has 1 aromatic heterocycles. The number of pyridine rings is 1. The Morgan fingerprint density at radius 3 is 2.88 bits per heavy atom. The predicted octanol–water partition coefficient (Wildman–Crippen LogP) is 4.91. The van der Waals surface area contributed by atoms with Crippen molar-refractivity contribution in [2.75, 3.05) is 6.61 Å². The maximum atomic E-state index is 10.5. The summed E-state index contributed by atoms with van der Waals surface area (Å²) in [5, 5.41) is 1.03. The quantitative estimate of drug-likeness (QED) is 0.351. The van der Waals surface area contributed by atoms with Gasteiger partial charge in [0.15, 0.2) is 5.75 Å². The maximum absolute atomic E-state index is 10.5. The van der Waals surface area contributed by atoms with Gasteiger partial charge < -0.3 is 10.5 Å². The molecule has 1 amide bonds. The molecule has 0 atom stereocenters. The van der Waals surface area contributed by atoms with Crippen LogP contribution in [0.25, 0.3) is 10.9 Å². The van der Waals surface area contributed by atoms with Crippen molar-refractivity contribution in [1.29, 1.82) is 0 Å². The summed E-state index contributed by atoms with van der Waals surface area (Å²) in [6.45, 7) is 0.622. The Balaban J connectivity index is 1.85. The van der Waals surface area contributed by atoms with E-state index in [1.54, 1.807) is 12.3 Å². The zero-order valence-electron chi connectivity index (χ0n) is 13.0. The summed E-state index contributed by atoms with van der Waals surface area (Å²) in [4.78, 5) is 14.9. The fraction of sp³-hybridized carbons (Fsp3) is 0.222. The van der Waals surface area contributed by atoms with E-state index in [-0.39, 0.29) is 0 Å². The van der Waals surface area contributed by atoms with Gasteiger partial charge in [0.05, 0.1) is 11.1 Å². The number of nitrogens with zero attached hydrogens (tertiary/aromatic N) is 1. The van der Waals surface area contributed by atoms with Crippen molar-refractivity contribution in [2.24, 2.45) is 5.73 Å². The van der Waals surface area contributed by atoms with E-state index in [4.69, 9.17) is 10.5 Å². The number of fused-ring (bicyclic) bond motifs is 1. The Morgan fingerprint density at radius 2 is 2.08 bits per heavy atom. The smallest absolute Gasteiger partial charge is 0.241 e. The highest BCUT2D eigenvalue weighted by Crippen LogP contribution is 2.37.